The first-order valence-corrected chi connectivity index (χ1v) is 9.77. The fraction of sp³-hybridized carbons (Fsp3) is 0.429. The van der Waals surface area contributed by atoms with E-state index in [1.165, 1.54) is 17.5 Å². The summed E-state index contributed by atoms with van der Waals surface area (Å²) in [7, 11) is 3.76. The smallest absolute Gasteiger partial charge is 0.160 e. The molecule has 3 nitrogen and oxygen atoms in total. The molecule has 0 bridgehead atoms. The van der Waals surface area contributed by atoms with Gasteiger partial charge in [-0.05, 0) is 67.3 Å². The Balaban J connectivity index is 1.87. The van der Waals surface area contributed by atoms with E-state index < -0.39 is 0 Å². The van der Waals surface area contributed by atoms with Crippen molar-refractivity contribution in [3.05, 3.63) is 57.1 Å². The van der Waals surface area contributed by atoms with Gasteiger partial charge in [0.05, 0.1) is 7.11 Å². The van der Waals surface area contributed by atoms with Gasteiger partial charge in [0.2, 0.25) is 0 Å². The van der Waals surface area contributed by atoms with Crippen LogP contribution in [-0.4, -0.2) is 30.7 Å². The van der Waals surface area contributed by atoms with E-state index in [1.54, 1.807) is 7.11 Å². The van der Waals surface area contributed by atoms with Crippen LogP contribution >= 0.6 is 23.2 Å². The number of phenolic OH excluding ortho intramolecular Hbond substituents is 1. The fourth-order valence-electron chi connectivity index (χ4n) is 4.79. The van der Waals surface area contributed by atoms with Crippen molar-refractivity contribution in [2.75, 3.05) is 20.7 Å². The van der Waals surface area contributed by atoms with Crippen molar-refractivity contribution >= 4 is 23.2 Å². The van der Waals surface area contributed by atoms with Gasteiger partial charge in [-0.3, -0.25) is 4.90 Å². The summed E-state index contributed by atoms with van der Waals surface area (Å²) in [4.78, 5) is 2.40. The second-order valence-electron chi connectivity index (χ2n) is 7.49. The molecule has 1 fully saturated rings. The Labute approximate surface area is 164 Å². The predicted octanol–water partition coefficient (Wildman–Crippen LogP) is 5.36. The van der Waals surface area contributed by atoms with Crippen LogP contribution in [0.3, 0.4) is 0 Å². The molecule has 2 aromatic rings. The third-order valence-electron chi connectivity index (χ3n) is 6.15. The Morgan fingerprint density at radius 3 is 2.58 bits per heavy atom. The summed E-state index contributed by atoms with van der Waals surface area (Å²) in [5.74, 6) is 0.738. The summed E-state index contributed by atoms with van der Waals surface area (Å²) in [6, 6.07) is 9.90. The molecule has 4 rings (SSSR count). The lowest BCUT2D eigenvalue weighted by atomic mass is 9.57. The Morgan fingerprint density at radius 1 is 1.19 bits per heavy atom. The molecule has 0 saturated heterocycles. The molecule has 0 radical (unpaired) electrons. The first-order chi connectivity index (χ1) is 12.5. The van der Waals surface area contributed by atoms with Crippen molar-refractivity contribution in [1.82, 2.24) is 4.90 Å². The van der Waals surface area contributed by atoms with Crippen molar-refractivity contribution in [3.8, 4) is 11.5 Å². The molecule has 138 valence electrons. The maximum atomic E-state index is 10.4. The highest BCUT2D eigenvalue weighted by molar-refractivity contribution is 6.35. The van der Waals surface area contributed by atoms with Crippen LogP contribution in [0, 0.1) is 0 Å². The number of ether oxygens (including phenoxy) is 1. The average molecular weight is 392 g/mol. The number of hydrogen-bond acceptors (Lipinski definition) is 3. The minimum absolute atomic E-state index is 0.0490. The number of fused-ring (bicyclic) bond motifs is 1. The molecule has 5 heteroatoms. The third-order valence-corrected chi connectivity index (χ3v) is 6.69. The van der Waals surface area contributed by atoms with Crippen LogP contribution in [0.5, 0.6) is 11.5 Å². The summed E-state index contributed by atoms with van der Waals surface area (Å²) in [5, 5.41) is 11.8. The summed E-state index contributed by atoms with van der Waals surface area (Å²) in [6.07, 6.45) is 4.29. The van der Waals surface area contributed by atoms with Crippen LogP contribution in [0.25, 0.3) is 0 Å². The summed E-state index contributed by atoms with van der Waals surface area (Å²) >= 11 is 12.8. The highest BCUT2D eigenvalue weighted by Gasteiger charge is 2.50. The van der Waals surface area contributed by atoms with E-state index in [1.807, 2.05) is 24.3 Å². The topological polar surface area (TPSA) is 32.7 Å². The average Bonchev–Trinajstić information content (AvgIpc) is 2.57. The van der Waals surface area contributed by atoms with Gasteiger partial charge in [-0.25, -0.2) is 0 Å². The van der Waals surface area contributed by atoms with Gasteiger partial charge in [0.1, 0.15) is 0 Å². The SMILES string of the molecule is COc1cc2c(cc1O)C(C1(c3ccc(Cl)cc3Cl)CCC1)N(C)CC2. The second-order valence-corrected chi connectivity index (χ2v) is 8.33. The zero-order chi connectivity index (χ0) is 18.5. The minimum atomic E-state index is -0.0490. The van der Waals surface area contributed by atoms with Crippen molar-refractivity contribution in [2.45, 2.75) is 37.1 Å². The van der Waals surface area contributed by atoms with Crippen LogP contribution in [0.15, 0.2) is 30.3 Å². The molecule has 2 aromatic carbocycles. The van der Waals surface area contributed by atoms with Gasteiger partial charge >= 0.3 is 0 Å². The van der Waals surface area contributed by atoms with Crippen molar-refractivity contribution in [2.24, 2.45) is 0 Å². The van der Waals surface area contributed by atoms with Gasteiger partial charge in [-0.1, -0.05) is 35.7 Å². The first kappa shape index (κ1) is 18.0. The predicted molar refractivity (Wildman–Crippen MR) is 106 cm³/mol. The molecule has 1 saturated carbocycles. The fourth-order valence-corrected chi connectivity index (χ4v) is 5.38. The number of benzene rings is 2. The second kappa shape index (κ2) is 6.63. The zero-order valence-electron chi connectivity index (χ0n) is 15.1. The van der Waals surface area contributed by atoms with Gasteiger partial charge in [0, 0.05) is 28.0 Å². The number of halogens is 2. The summed E-state index contributed by atoms with van der Waals surface area (Å²) in [6.45, 7) is 0.971. The molecule has 1 unspecified atom stereocenters. The van der Waals surface area contributed by atoms with Crippen LogP contribution < -0.4 is 4.74 Å². The maximum Gasteiger partial charge on any atom is 0.160 e. The lowest BCUT2D eigenvalue weighted by molar-refractivity contribution is 0.0715. The molecule has 0 aromatic heterocycles. The van der Waals surface area contributed by atoms with Crippen molar-refractivity contribution < 1.29 is 9.84 Å². The summed E-state index contributed by atoms with van der Waals surface area (Å²) < 4.78 is 5.32. The summed E-state index contributed by atoms with van der Waals surface area (Å²) in [5.41, 5.74) is 3.55. The normalized spacial score (nSPS) is 21.8. The largest absolute Gasteiger partial charge is 0.504 e. The number of rotatable bonds is 3. The lowest BCUT2D eigenvalue weighted by Gasteiger charge is -2.54. The van der Waals surface area contributed by atoms with Gasteiger partial charge < -0.3 is 9.84 Å². The highest BCUT2D eigenvalue weighted by atomic mass is 35.5. The molecule has 26 heavy (non-hydrogen) atoms. The third kappa shape index (κ3) is 2.69. The van der Waals surface area contributed by atoms with Gasteiger partial charge in [0.15, 0.2) is 11.5 Å². The number of hydrogen-bond donors (Lipinski definition) is 1. The maximum absolute atomic E-state index is 10.4. The van der Waals surface area contributed by atoms with Crippen molar-refractivity contribution in [3.63, 3.8) is 0 Å². The van der Waals surface area contributed by atoms with E-state index in [0.717, 1.165) is 36.4 Å². The van der Waals surface area contributed by atoms with Crippen LogP contribution in [-0.2, 0) is 11.8 Å². The van der Waals surface area contributed by atoms with Crippen LogP contribution in [0.2, 0.25) is 10.0 Å². The standard InChI is InChI=1S/C21H23Cl2NO2/c1-24-9-6-13-10-19(26-2)18(25)12-15(13)20(24)21(7-3-8-21)16-5-4-14(22)11-17(16)23/h4-5,10-12,20,25H,3,6-9H2,1-2H3. The molecule has 1 aliphatic heterocycles. The van der Waals surface area contributed by atoms with E-state index in [4.69, 9.17) is 27.9 Å². The van der Waals surface area contributed by atoms with E-state index >= 15 is 0 Å². The Hall–Kier alpha value is -1.42. The number of likely N-dealkylation sites (N-methyl/N-ethyl adjacent to an activating group) is 1. The Kier molecular flexibility index (Phi) is 4.58. The number of nitrogens with zero attached hydrogens (tertiary/aromatic N) is 1. The number of aromatic hydroxyl groups is 1. The lowest BCUT2D eigenvalue weighted by Crippen LogP contribution is -2.50. The molecular weight excluding hydrogens is 369 g/mol. The number of methoxy groups -OCH3 is 1. The molecular formula is C21H23Cl2NO2. The van der Waals surface area contributed by atoms with Crippen LogP contribution in [0.4, 0.5) is 0 Å². The van der Waals surface area contributed by atoms with Gasteiger partial charge in [-0.15, -0.1) is 0 Å². The molecule has 1 atom stereocenters. The first-order valence-electron chi connectivity index (χ1n) is 9.02. The quantitative estimate of drug-likeness (QED) is 0.764. The highest BCUT2D eigenvalue weighted by Crippen LogP contribution is 2.57. The zero-order valence-corrected chi connectivity index (χ0v) is 16.6. The van der Waals surface area contributed by atoms with E-state index in [2.05, 4.69) is 18.0 Å². The van der Waals surface area contributed by atoms with Gasteiger partial charge in [-0.2, -0.15) is 0 Å². The molecule has 1 heterocycles. The molecule has 0 spiro atoms. The Bertz CT molecular complexity index is 848. The molecule has 2 aliphatic rings. The molecule has 0 amide bonds. The van der Waals surface area contributed by atoms with Gasteiger partial charge in [0.25, 0.3) is 0 Å². The Morgan fingerprint density at radius 2 is 1.96 bits per heavy atom. The molecule has 1 N–H and O–H groups in total. The van der Waals surface area contributed by atoms with E-state index in [9.17, 15) is 5.11 Å². The monoisotopic (exact) mass is 391 g/mol. The minimum Gasteiger partial charge on any atom is -0.504 e. The van der Waals surface area contributed by atoms with Crippen LogP contribution in [0.1, 0.15) is 42.0 Å². The van der Waals surface area contributed by atoms with Crippen molar-refractivity contribution in [1.29, 1.82) is 0 Å². The number of phenols is 1. The van der Waals surface area contributed by atoms with E-state index in [0.29, 0.717) is 10.8 Å². The molecule has 1 aliphatic carbocycles. The van der Waals surface area contributed by atoms with E-state index in [-0.39, 0.29) is 17.2 Å².